The lowest BCUT2D eigenvalue weighted by molar-refractivity contribution is 0.0928. The van der Waals surface area contributed by atoms with E-state index in [2.05, 4.69) is 25.1 Å². The predicted octanol–water partition coefficient (Wildman–Crippen LogP) is 2.06. The molecule has 7 nitrogen and oxygen atoms in total. The number of nitrogen functional groups attached to an aromatic ring is 1. The number of carbonyl (C=O) groups is 1. The maximum atomic E-state index is 12.4. The van der Waals surface area contributed by atoms with Gasteiger partial charge in [-0.2, -0.15) is 5.10 Å². The zero-order valence-electron chi connectivity index (χ0n) is 13.4. The highest BCUT2D eigenvalue weighted by Gasteiger charge is 2.17. The molecule has 124 valence electrons. The Morgan fingerprint density at radius 1 is 1.38 bits per heavy atom. The fourth-order valence-electron chi connectivity index (χ4n) is 2.61. The Kier molecular flexibility index (Phi) is 4.60. The Hall–Kier alpha value is -3.09. The van der Waals surface area contributed by atoms with Crippen LogP contribution in [0.1, 0.15) is 34.3 Å². The molecule has 0 aliphatic rings. The van der Waals surface area contributed by atoms with Gasteiger partial charge in [0.25, 0.3) is 5.91 Å². The molecule has 2 heterocycles. The van der Waals surface area contributed by atoms with Crippen LogP contribution in [0.15, 0.2) is 48.8 Å². The summed E-state index contributed by atoms with van der Waals surface area (Å²) in [5.41, 5.74) is 6.97. The zero-order chi connectivity index (χ0) is 16.9. The number of aromatic amines is 1. The van der Waals surface area contributed by atoms with Crippen LogP contribution >= 0.6 is 0 Å². The van der Waals surface area contributed by atoms with Gasteiger partial charge >= 0.3 is 0 Å². The number of nitrogens with zero attached hydrogens (tertiary/aromatic N) is 3. The minimum Gasteiger partial charge on any atom is -0.382 e. The van der Waals surface area contributed by atoms with Gasteiger partial charge in [-0.1, -0.05) is 30.3 Å². The van der Waals surface area contributed by atoms with Crippen molar-refractivity contribution in [1.82, 2.24) is 25.1 Å². The van der Waals surface area contributed by atoms with Gasteiger partial charge in [0, 0.05) is 25.0 Å². The fourth-order valence-corrected chi connectivity index (χ4v) is 2.61. The maximum absolute atomic E-state index is 12.4. The average Bonchev–Trinajstić information content (AvgIpc) is 3.20. The van der Waals surface area contributed by atoms with E-state index in [4.69, 9.17) is 5.73 Å². The van der Waals surface area contributed by atoms with E-state index in [1.165, 1.54) is 6.07 Å². The summed E-state index contributed by atoms with van der Waals surface area (Å²) in [6.07, 6.45) is 4.46. The number of nitrogens with two attached hydrogens (primary N) is 1. The first-order valence-corrected chi connectivity index (χ1v) is 7.78. The van der Waals surface area contributed by atoms with Crippen molar-refractivity contribution in [3.63, 3.8) is 0 Å². The Morgan fingerprint density at radius 2 is 2.17 bits per heavy atom. The first kappa shape index (κ1) is 15.8. The van der Waals surface area contributed by atoms with E-state index in [0.29, 0.717) is 11.5 Å². The highest BCUT2D eigenvalue weighted by molar-refractivity contribution is 5.93. The molecule has 1 amide bonds. The molecule has 0 aliphatic heterocycles. The molecule has 0 saturated heterocycles. The van der Waals surface area contributed by atoms with E-state index < -0.39 is 0 Å². The maximum Gasteiger partial charge on any atom is 0.269 e. The van der Waals surface area contributed by atoms with Crippen LogP contribution < -0.4 is 11.1 Å². The summed E-state index contributed by atoms with van der Waals surface area (Å²) in [6.45, 7) is 2.72. The van der Waals surface area contributed by atoms with Crippen molar-refractivity contribution in [1.29, 1.82) is 0 Å². The lowest BCUT2D eigenvalue weighted by atomic mass is 10.0. The van der Waals surface area contributed by atoms with Gasteiger partial charge in [0.05, 0.1) is 6.04 Å². The second kappa shape index (κ2) is 6.99. The molecule has 0 spiro atoms. The zero-order valence-corrected chi connectivity index (χ0v) is 13.4. The van der Waals surface area contributed by atoms with Gasteiger partial charge in [-0.05, 0) is 18.9 Å². The average molecular weight is 324 g/mol. The molecule has 7 heteroatoms. The molecule has 3 rings (SSSR count). The summed E-state index contributed by atoms with van der Waals surface area (Å²) >= 11 is 0. The molecule has 0 aliphatic carbocycles. The Bertz CT molecular complexity index is 807. The Labute approximate surface area is 139 Å². The van der Waals surface area contributed by atoms with Crippen LogP contribution in [0.2, 0.25) is 0 Å². The second-order valence-corrected chi connectivity index (χ2v) is 5.60. The van der Waals surface area contributed by atoms with Crippen molar-refractivity contribution in [3.05, 3.63) is 65.9 Å². The number of H-pyrrole nitrogens is 1. The molecule has 2 aromatic heterocycles. The number of nitrogens with one attached hydrogen (secondary N) is 2. The van der Waals surface area contributed by atoms with E-state index in [1.54, 1.807) is 6.20 Å². The molecule has 3 aromatic rings. The number of anilines is 1. The summed E-state index contributed by atoms with van der Waals surface area (Å²) in [7, 11) is 0. The van der Waals surface area contributed by atoms with Crippen LogP contribution in [0.3, 0.4) is 0 Å². The largest absolute Gasteiger partial charge is 0.382 e. The number of hydrogen-bond acceptors (Lipinski definition) is 4. The lowest BCUT2D eigenvalue weighted by Crippen LogP contribution is -2.29. The second-order valence-electron chi connectivity index (χ2n) is 5.60. The van der Waals surface area contributed by atoms with Crippen molar-refractivity contribution in [2.75, 3.05) is 5.73 Å². The van der Waals surface area contributed by atoms with Crippen molar-refractivity contribution in [2.24, 2.45) is 0 Å². The van der Waals surface area contributed by atoms with Crippen LogP contribution in [0.4, 0.5) is 5.82 Å². The molecule has 1 aromatic carbocycles. The molecular formula is C17H20N6O. The molecule has 0 fully saturated rings. The first-order chi connectivity index (χ1) is 11.6. The predicted molar refractivity (Wildman–Crippen MR) is 91.2 cm³/mol. The van der Waals surface area contributed by atoms with Crippen LogP contribution in [-0.4, -0.2) is 25.7 Å². The van der Waals surface area contributed by atoms with E-state index >= 15 is 0 Å². The number of rotatable bonds is 6. The number of imidazole rings is 1. The van der Waals surface area contributed by atoms with E-state index in [9.17, 15) is 4.79 Å². The molecule has 0 bridgehead atoms. The Morgan fingerprint density at radius 3 is 2.79 bits per heavy atom. The molecule has 0 radical (unpaired) electrons. The lowest BCUT2D eigenvalue weighted by Gasteiger charge is -2.19. The SMILES string of the molecule is Cc1nccn1CCC(NC(=O)c1cc(N)n[nH]1)c1ccccc1. The third kappa shape index (κ3) is 3.62. The van der Waals surface area contributed by atoms with Crippen LogP contribution in [0.5, 0.6) is 0 Å². The Balaban J connectivity index is 1.75. The highest BCUT2D eigenvalue weighted by Crippen LogP contribution is 2.18. The first-order valence-electron chi connectivity index (χ1n) is 7.78. The minimum atomic E-state index is -0.226. The molecule has 1 atom stereocenters. The van der Waals surface area contributed by atoms with Gasteiger partial charge in [0.15, 0.2) is 0 Å². The monoisotopic (exact) mass is 324 g/mol. The van der Waals surface area contributed by atoms with Crippen molar-refractivity contribution >= 4 is 11.7 Å². The van der Waals surface area contributed by atoms with E-state index in [1.807, 2.05) is 43.5 Å². The van der Waals surface area contributed by atoms with Crippen LogP contribution in [0, 0.1) is 6.92 Å². The molecular weight excluding hydrogens is 304 g/mol. The summed E-state index contributed by atoms with van der Waals surface area (Å²) in [6, 6.07) is 11.3. The van der Waals surface area contributed by atoms with Crippen molar-refractivity contribution in [2.45, 2.75) is 25.9 Å². The van der Waals surface area contributed by atoms with E-state index in [0.717, 1.165) is 24.4 Å². The normalized spacial score (nSPS) is 12.0. The number of hydrogen-bond donors (Lipinski definition) is 3. The number of aryl methyl sites for hydroxylation is 2. The summed E-state index contributed by atoms with van der Waals surface area (Å²) < 4.78 is 2.07. The third-order valence-electron chi connectivity index (χ3n) is 3.93. The molecule has 0 saturated carbocycles. The van der Waals surface area contributed by atoms with Gasteiger partial charge in [-0.25, -0.2) is 4.98 Å². The summed E-state index contributed by atoms with van der Waals surface area (Å²) in [4.78, 5) is 16.6. The summed E-state index contributed by atoms with van der Waals surface area (Å²) in [5, 5.41) is 9.48. The van der Waals surface area contributed by atoms with Crippen LogP contribution in [0.25, 0.3) is 0 Å². The van der Waals surface area contributed by atoms with E-state index in [-0.39, 0.29) is 11.9 Å². The van der Waals surface area contributed by atoms with Gasteiger partial charge < -0.3 is 15.6 Å². The minimum absolute atomic E-state index is 0.120. The van der Waals surface area contributed by atoms with Gasteiger partial charge in [-0.15, -0.1) is 0 Å². The quantitative estimate of drug-likeness (QED) is 0.646. The number of amides is 1. The van der Waals surface area contributed by atoms with Crippen molar-refractivity contribution < 1.29 is 4.79 Å². The third-order valence-corrected chi connectivity index (χ3v) is 3.93. The highest BCUT2D eigenvalue weighted by atomic mass is 16.2. The van der Waals surface area contributed by atoms with Gasteiger partial charge in [0.1, 0.15) is 17.3 Å². The topological polar surface area (TPSA) is 102 Å². The molecule has 24 heavy (non-hydrogen) atoms. The fraction of sp³-hybridized carbons (Fsp3) is 0.235. The molecule has 4 N–H and O–H groups in total. The molecule has 1 unspecified atom stereocenters. The van der Waals surface area contributed by atoms with Gasteiger partial charge in [-0.3, -0.25) is 9.89 Å². The van der Waals surface area contributed by atoms with Crippen LogP contribution in [-0.2, 0) is 6.54 Å². The summed E-state index contributed by atoms with van der Waals surface area (Å²) in [5.74, 6) is 1.02. The number of carbonyl (C=O) groups excluding carboxylic acids is 1. The van der Waals surface area contributed by atoms with Crippen molar-refractivity contribution in [3.8, 4) is 0 Å². The number of aromatic nitrogens is 4. The number of benzene rings is 1. The smallest absolute Gasteiger partial charge is 0.269 e. The standard InChI is InChI=1S/C17H20N6O/c1-12-19-8-10-23(12)9-7-14(13-5-3-2-4-6-13)20-17(24)15-11-16(18)22-21-15/h2-6,8,10-11,14H,7,9H2,1H3,(H,20,24)(H3,18,21,22). The van der Waals surface area contributed by atoms with Gasteiger partial charge in [0.2, 0.25) is 0 Å².